The Labute approximate surface area is 186 Å². The quantitative estimate of drug-likeness (QED) is 0.460. The van der Waals surface area contributed by atoms with Crippen LogP contribution in [0.25, 0.3) is 0 Å². The molecule has 0 unspecified atom stereocenters. The molecule has 0 aromatic rings. The first-order chi connectivity index (χ1) is 14.2. The fraction of sp³-hybridized carbons (Fsp3) is 0.793. The Morgan fingerprint density at radius 3 is 2.63 bits per heavy atom. The number of rotatable bonds is 5. The van der Waals surface area contributed by atoms with Crippen molar-refractivity contribution < 1.29 is 5.11 Å². The first-order valence-electron chi connectivity index (χ1n) is 12.9. The van der Waals surface area contributed by atoms with Crippen molar-refractivity contribution in [3.8, 4) is 0 Å². The lowest BCUT2D eigenvalue weighted by Crippen LogP contribution is -2.50. The summed E-state index contributed by atoms with van der Waals surface area (Å²) >= 11 is 0. The summed E-state index contributed by atoms with van der Waals surface area (Å²) < 4.78 is 0. The van der Waals surface area contributed by atoms with Gasteiger partial charge in [0.25, 0.3) is 0 Å². The highest BCUT2D eigenvalue weighted by Crippen LogP contribution is 2.67. The zero-order chi connectivity index (χ0) is 21.7. The highest BCUT2D eigenvalue weighted by atomic mass is 16.3. The largest absolute Gasteiger partial charge is 0.393 e. The zero-order valence-electron chi connectivity index (χ0n) is 20.3. The van der Waals surface area contributed by atoms with Gasteiger partial charge in [-0.1, -0.05) is 63.6 Å². The standard InChI is InChI=1S/C29H46O/c1-7-21(19(2)3)9-8-20(4)25-12-13-26-24-11-10-22-18-23(30)14-16-28(22,5)27(24)15-17-29(25,26)6/h8-10,20-21,23-27,30H,2,7,11-18H2,1,3-6H3/b9-8+/t20-,21+,23+,24+,25-,26+,27+,28+,29-/m0/s1. The minimum atomic E-state index is -0.0932. The average molecular weight is 411 g/mol. The molecule has 168 valence electrons. The predicted molar refractivity (Wildman–Crippen MR) is 128 cm³/mol. The van der Waals surface area contributed by atoms with E-state index >= 15 is 0 Å². The second-order valence-corrected chi connectivity index (χ2v) is 12.0. The lowest BCUT2D eigenvalue weighted by molar-refractivity contribution is -0.0540. The second kappa shape index (κ2) is 8.27. The molecule has 4 aliphatic carbocycles. The van der Waals surface area contributed by atoms with Crippen molar-refractivity contribution >= 4 is 0 Å². The third-order valence-electron chi connectivity index (χ3n) is 10.5. The van der Waals surface area contributed by atoms with Crippen LogP contribution in [-0.4, -0.2) is 11.2 Å². The number of allylic oxidation sites excluding steroid dienone is 4. The van der Waals surface area contributed by atoms with Crippen LogP contribution in [0.3, 0.4) is 0 Å². The SMILES string of the molecule is C=C(C)[C@@H](/C=C/[C@H](C)[C@@H]1CC[C@@H]2[C@H]3CC=C4C[C@H](O)CC[C@@]4(C)[C@@H]3CC[C@]21C)CC. The van der Waals surface area contributed by atoms with Crippen LogP contribution >= 0.6 is 0 Å². The van der Waals surface area contributed by atoms with Crippen molar-refractivity contribution in [2.75, 3.05) is 0 Å². The molecule has 1 heteroatoms. The molecule has 0 bridgehead atoms. The van der Waals surface area contributed by atoms with E-state index in [1.54, 1.807) is 5.57 Å². The molecule has 0 radical (unpaired) electrons. The van der Waals surface area contributed by atoms with Crippen molar-refractivity contribution in [1.82, 2.24) is 0 Å². The maximum atomic E-state index is 10.2. The molecule has 1 nitrogen and oxygen atoms in total. The molecule has 4 aliphatic rings. The number of aliphatic hydroxyl groups is 1. The van der Waals surface area contributed by atoms with E-state index in [4.69, 9.17) is 0 Å². The monoisotopic (exact) mass is 410 g/mol. The van der Waals surface area contributed by atoms with Gasteiger partial charge in [-0.15, -0.1) is 0 Å². The smallest absolute Gasteiger partial charge is 0.0577 e. The van der Waals surface area contributed by atoms with E-state index in [1.165, 1.54) is 44.1 Å². The number of hydrogen-bond acceptors (Lipinski definition) is 1. The van der Waals surface area contributed by atoms with Crippen molar-refractivity contribution in [2.45, 2.75) is 98.5 Å². The fourth-order valence-corrected chi connectivity index (χ4v) is 8.64. The third-order valence-corrected chi connectivity index (χ3v) is 10.5. The number of fused-ring (bicyclic) bond motifs is 5. The lowest BCUT2D eigenvalue weighted by atomic mass is 9.47. The van der Waals surface area contributed by atoms with Gasteiger partial charge in [-0.2, -0.15) is 0 Å². The Morgan fingerprint density at radius 2 is 1.93 bits per heavy atom. The van der Waals surface area contributed by atoms with E-state index < -0.39 is 0 Å². The number of aliphatic hydroxyl groups excluding tert-OH is 1. The molecule has 1 N–H and O–H groups in total. The molecule has 4 rings (SSSR count). The third kappa shape index (κ3) is 3.58. The highest BCUT2D eigenvalue weighted by Gasteiger charge is 2.58. The molecule has 3 saturated carbocycles. The minimum absolute atomic E-state index is 0.0932. The molecule has 0 saturated heterocycles. The molecule has 0 aromatic carbocycles. The van der Waals surface area contributed by atoms with Crippen LogP contribution in [0.5, 0.6) is 0 Å². The summed E-state index contributed by atoms with van der Waals surface area (Å²) in [5, 5.41) is 10.2. The van der Waals surface area contributed by atoms with Gasteiger partial charge in [0.05, 0.1) is 6.10 Å². The summed E-state index contributed by atoms with van der Waals surface area (Å²) in [6.45, 7) is 16.3. The van der Waals surface area contributed by atoms with Crippen LogP contribution in [0.15, 0.2) is 36.0 Å². The Hall–Kier alpha value is -0.820. The Morgan fingerprint density at radius 1 is 1.17 bits per heavy atom. The molecule has 0 aromatic heterocycles. The summed E-state index contributed by atoms with van der Waals surface area (Å²) in [4.78, 5) is 0. The first kappa shape index (κ1) is 22.4. The summed E-state index contributed by atoms with van der Waals surface area (Å²) in [5.41, 5.74) is 3.77. The summed E-state index contributed by atoms with van der Waals surface area (Å²) in [6, 6.07) is 0. The van der Waals surface area contributed by atoms with Crippen molar-refractivity contribution in [3.05, 3.63) is 36.0 Å². The fourth-order valence-electron chi connectivity index (χ4n) is 8.64. The average Bonchev–Trinajstić information content (AvgIpc) is 3.06. The molecule has 0 aliphatic heterocycles. The van der Waals surface area contributed by atoms with Crippen LogP contribution in [0, 0.1) is 46.3 Å². The molecule has 0 amide bonds. The van der Waals surface area contributed by atoms with Crippen molar-refractivity contribution in [1.29, 1.82) is 0 Å². The van der Waals surface area contributed by atoms with Crippen LogP contribution in [0.2, 0.25) is 0 Å². The van der Waals surface area contributed by atoms with Crippen molar-refractivity contribution in [3.63, 3.8) is 0 Å². The van der Waals surface area contributed by atoms with Crippen LogP contribution in [0.4, 0.5) is 0 Å². The summed E-state index contributed by atoms with van der Waals surface area (Å²) in [5.74, 6) is 4.64. The maximum absolute atomic E-state index is 10.2. The highest BCUT2D eigenvalue weighted by molar-refractivity contribution is 5.25. The van der Waals surface area contributed by atoms with Crippen LogP contribution in [0.1, 0.15) is 92.4 Å². The van der Waals surface area contributed by atoms with Gasteiger partial charge >= 0.3 is 0 Å². The van der Waals surface area contributed by atoms with E-state index in [0.717, 1.165) is 42.9 Å². The summed E-state index contributed by atoms with van der Waals surface area (Å²) in [6.07, 6.45) is 18.7. The Kier molecular flexibility index (Phi) is 6.17. The molecule has 0 spiro atoms. The van der Waals surface area contributed by atoms with Gasteiger partial charge in [0, 0.05) is 0 Å². The Bertz CT molecular complexity index is 716. The normalized spacial score (nSPS) is 45.3. The van der Waals surface area contributed by atoms with E-state index in [2.05, 4.69) is 59.4 Å². The van der Waals surface area contributed by atoms with Gasteiger partial charge < -0.3 is 5.11 Å². The Balaban J connectivity index is 1.53. The second-order valence-electron chi connectivity index (χ2n) is 12.0. The van der Waals surface area contributed by atoms with Crippen molar-refractivity contribution in [2.24, 2.45) is 46.3 Å². The molecular weight excluding hydrogens is 364 g/mol. The zero-order valence-corrected chi connectivity index (χ0v) is 20.3. The molecule has 3 fully saturated rings. The predicted octanol–water partition coefficient (Wildman–Crippen LogP) is 7.72. The first-order valence-corrected chi connectivity index (χ1v) is 12.9. The minimum Gasteiger partial charge on any atom is -0.393 e. The van der Waals surface area contributed by atoms with E-state index in [0.29, 0.717) is 22.7 Å². The van der Waals surface area contributed by atoms with E-state index in [9.17, 15) is 5.11 Å². The maximum Gasteiger partial charge on any atom is 0.0577 e. The molecule has 0 heterocycles. The van der Waals surface area contributed by atoms with Gasteiger partial charge in [-0.05, 0) is 111 Å². The lowest BCUT2D eigenvalue weighted by Gasteiger charge is -2.58. The van der Waals surface area contributed by atoms with Gasteiger partial charge in [-0.3, -0.25) is 0 Å². The van der Waals surface area contributed by atoms with Gasteiger partial charge in [0.2, 0.25) is 0 Å². The van der Waals surface area contributed by atoms with Crippen LogP contribution < -0.4 is 0 Å². The van der Waals surface area contributed by atoms with Gasteiger partial charge in [0.1, 0.15) is 0 Å². The molecule has 30 heavy (non-hydrogen) atoms. The molecular formula is C29H46O. The van der Waals surface area contributed by atoms with Gasteiger partial charge in [0.15, 0.2) is 0 Å². The van der Waals surface area contributed by atoms with Crippen LogP contribution in [-0.2, 0) is 0 Å². The van der Waals surface area contributed by atoms with Gasteiger partial charge in [-0.25, -0.2) is 0 Å². The number of hydrogen-bond donors (Lipinski definition) is 1. The molecule has 9 atom stereocenters. The topological polar surface area (TPSA) is 20.2 Å². The summed E-state index contributed by atoms with van der Waals surface area (Å²) in [7, 11) is 0. The van der Waals surface area contributed by atoms with E-state index in [-0.39, 0.29) is 6.10 Å². The van der Waals surface area contributed by atoms with E-state index in [1.807, 2.05) is 0 Å².